The Morgan fingerprint density at radius 3 is 2.82 bits per heavy atom. The number of aliphatic hydroxyl groups excluding tert-OH is 1. The first-order chi connectivity index (χ1) is 15.8. The van der Waals surface area contributed by atoms with E-state index in [0.717, 1.165) is 11.6 Å². The summed E-state index contributed by atoms with van der Waals surface area (Å²) >= 11 is 0. The summed E-state index contributed by atoms with van der Waals surface area (Å²) in [7, 11) is 0. The van der Waals surface area contributed by atoms with Crippen LogP contribution in [0.5, 0.6) is 0 Å². The second kappa shape index (κ2) is 9.55. The van der Waals surface area contributed by atoms with Gasteiger partial charge in [-0.2, -0.15) is 4.39 Å². The van der Waals surface area contributed by atoms with Crippen LogP contribution in [-0.2, 0) is 4.74 Å². The van der Waals surface area contributed by atoms with Gasteiger partial charge in [-0.1, -0.05) is 19.9 Å². The molecule has 9 nitrogen and oxygen atoms in total. The fraction of sp³-hybridized carbons (Fsp3) is 0.348. The van der Waals surface area contributed by atoms with Crippen LogP contribution in [-0.4, -0.2) is 42.7 Å². The van der Waals surface area contributed by atoms with Crippen LogP contribution >= 0.6 is 0 Å². The molecule has 3 unspecified atom stereocenters. The highest BCUT2D eigenvalue weighted by atomic mass is 19.1. The predicted molar refractivity (Wildman–Crippen MR) is 117 cm³/mol. The number of aliphatic hydroxyl groups is 1. The van der Waals surface area contributed by atoms with Crippen molar-refractivity contribution in [2.45, 2.75) is 45.0 Å². The van der Waals surface area contributed by atoms with E-state index in [2.05, 4.69) is 20.3 Å². The summed E-state index contributed by atoms with van der Waals surface area (Å²) in [4.78, 5) is 37.0. The summed E-state index contributed by atoms with van der Waals surface area (Å²) in [5, 5.41) is 13.0. The summed E-state index contributed by atoms with van der Waals surface area (Å²) in [6, 6.07) is 6.69. The molecule has 1 fully saturated rings. The summed E-state index contributed by atoms with van der Waals surface area (Å²) in [6.45, 7) is 3.97. The first-order valence-electron chi connectivity index (χ1n) is 10.6. The largest absolute Gasteiger partial charge is 0.390 e. The number of ether oxygens (including phenoxy) is 1. The van der Waals surface area contributed by atoms with Gasteiger partial charge in [0.25, 0.3) is 11.5 Å². The van der Waals surface area contributed by atoms with Crippen molar-refractivity contribution in [1.29, 1.82) is 0 Å². The smallest absolute Gasteiger partial charge is 0.274 e. The maximum absolute atomic E-state index is 14.1. The standard InChI is InChI=1S/C23H24FN5O4/c1-13(2)21-17(30)6-7-18(33-21)14-8-10-25-12-16(14)27-22(32)15-9-11-26-23(28-15)29-19(24)4-3-5-20(29)31/h3-5,8-13,17-18,21,30H,6-7H2,1-2H3,(H,27,32). The van der Waals surface area contributed by atoms with Crippen molar-refractivity contribution in [1.82, 2.24) is 19.5 Å². The highest BCUT2D eigenvalue weighted by molar-refractivity contribution is 6.03. The molecule has 10 heteroatoms. The number of anilines is 1. The number of nitrogens with one attached hydrogen (secondary N) is 1. The fourth-order valence-corrected chi connectivity index (χ4v) is 3.88. The third-order valence-corrected chi connectivity index (χ3v) is 5.51. The third kappa shape index (κ3) is 4.81. The van der Waals surface area contributed by atoms with Gasteiger partial charge in [0.05, 0.1) is 30.2 Å². The number of amides is 1. The lowest BCUT2D eigenvalue weighted by atomic mass is 9.91. The van der Waals surface area contributed by atoms with Crippen LogP contribution in [0.3, 0.4) is 0 Å². The number of hydrogen-bond acceptors (Lipinski definition) is 7. The molecule has 3 atom stereocenters. The van der Waals surface area contributed by atoms with Crippen molar-refractivity contribution in [2.75, 3.05) is 5.32 Å². The lowest BCUT2D eigenvalue weighted by Gasteiger charge is -2.37. The number of halogens is 1. The molecule has 0 spiro atoms. The Bertz CT molecular complexity index is 1220. The molecule has 0 saturated carbocycles. The Labute approximate surface area is 189 Å². The highest BCUT2D eigenvalue weighted by Gasteiger charge is 2.33. The molecule has 33 heavy (non-hydrogen) atoms. The second-order valence-electron chi connectivity index (χ2n) is 8.16. The molecule has 0 aliphatic carbocycles. The summed E-state index contributed by atoms with van der Waals surface area (Å²) < 4.78 is 21.0. The molecule has 0 bridgehead atoms. The van der Waals surface area contributed by atoms with E-state index >= 15 is 0 Å². The zero-order valence-electron chi connectivity index (χ0n) is 18.2. The Hall–Kier alpha value is -3.50. The Kier molecular flexibility index (Phi) is 6.57. The normalized spacial score (nSPS) is 20.6. The first kappa shape index (κ1) is 22.7. The van der Waals surface area contributed by atoms with E-state index in [4.69, 9.17) is 4.74 Å². The topological polar surface area (TPSA) is 119 Å². The van der Waals surface area contributed by atoms with Gasteiger partial charge in [0.2, 0.25) is 11.9 Å². The number of rotatable bonds is 5. The Balaban J connectivity index is 1.59. The molecule has 0 aromatic carbocycles. The SMILES string of the molecule is CC(C)C1OC(c2ccncc2NC(=O)c2ccnc(-n3c(F)cccc3=O)n2)CCC1O. The van der Waals surface area contributed by atoms with Crippen LogP contribution in [0.25, 0.3) is 5.95 Å². The molecule has 1 aliphatic rings. The van der Waals surface area contributed by atoms with Gasteiger partial charge in [-0.25, -0.2) is 14.5 Å². The van der Waals surface area contributed by atoms with Crippen LogP contribution in [0, 0.1) is 11.9 Å². The van der Waals surface area contributed by atoms with Gasteiger partial charge in [-0.15, -0.1) is 0 Å². The molecule has 0 radical (unpaired) electrons. The molecule has 172 valence electrons. The molecule has 3 aromatic heterocycles. The van der Waals surface area contributed by atoms with Gasteiger partial charge < -0.3 is 15.2 Å². The van der Waals surface area contributed by atoms with Crippen molar-refractivity contribution < 1.29 is 19.0 Å². The molecule has 3 aromatic rings. The van der Waals surface area contributed by atoms with Crippen LogP contribution in [0.2, 0.25) is 0 Å². The monoisotopic (exact) mass is 453 g/mol. The van der Waals surface area contributed by atoms with Gasteiger partial charge >= 0.3 is 0 Å². The third-order valence-electron chi connectivity index (χ3n) is 5.51. The maximum Gasteiger partial charge on any atom is 0.274 e. The number of carbonyl (C=O) groups is 1. The second-order valence-corrected chi connectivity index (χ2v) is 8.16. The van der Waals surface area contributed by atoms with Gasteiger partial charge in [0.1, 0.15) is 5.69 Å². The lowest BCUT2D eigenvalue weighted by Crippen LogP contribution is -2.39. The van der Waals surface area contributed by atoms with Crippen molar-refractivity contribution in [3.05, 3.63) is 76.5 Å². The molecular formula is C23H24FN5O4. The van der Waals surface area contributed by atoms with Crippen molar-refractivity contribution in [2.24, 2.45) is 5.92 Å². The van der Waals surface area contributed by atoms with Gasteiger partial charge in [-0.3, -0.25) is 14.6 Å². The van der Waals surface area contributed by atoms with Crippen LogP contribution in [0.15, 0.2) is 53.7 Å². The van der Waals surface area contributed by atoms with E-state index in [1.165, 1.54) is 30.6 Å². The predicted octanol–water partition coefficient (Wildman–Crippen LogP) is 2.65. The number of aromatic nitrogens is 4. The molecule has 1 amide bonds. The minimum Gasteiger partial charge on any atom is -0.390 e. The quantitative estimate of drug-likeness (QED) is 0.570. The average Bonchev–Trinajstić information content (AvgIpc) is 2.80. The van der Waals surface area contributed by atoms with E-state index in [9.17, 15) is 19.1 Å². The van der Waals surface area contributed by atoms with E-state index in [0.29, 0.717) is 23.1 Å². The molecular weight excluding hydrogens is 429 g/mol. The number of hydrogen-bond donors (Lipinski definition) is 2. The highest BCUT2D eigenvalue weighted by Crippen LogP contribution is 2.37. The minimum atomic E-state index is -0.842. The van der Waals surface area contributed by atoms with E-state index in [-0.39, 0.29) is 29.8 Å². The molecule has 4 rings (SSSR count). The van der Waals surface area contributed by atoms with Crippen molar-refractivity contribution >= 4 is 11.6 Å². The lowest BCUT2D eigenvalue weighted by molar-refractivity contribution is -0.137. The van der Waals surface area contributed by atoms with Crippen LogP contribution in [0.4, 0.5) is 10.1 Å². The van der Waals surface area contributed by atoms with Crippen LogP contribution < -0.4 is 10.9 Å². The summed E-state index contributed by atoms with van der Waals surface area (Å²) in [6.07, 6.45) is 4.38. The van der Waals surface area contributed by atoms with E-state index in [1.54, 1.807) is 12.3 Å². The molecule has 2 N–H and O–H groups in total. The number of carbonyl (C=O) groups excluding carboxylic acids is 1. The van der Waals surface area contributed by atoms with Gasteiger partial charge in [0.15, 0.2) is 0 Å². The van der Waals surface area contributed by atoms with Crippen molar-refractivity contribution in [3.63, 3.8) is 0 Å². The maximum atomic E-state index is 14.1. The first-order valence-corrected chi connectivity index (χ1v) is 10.6. The van der Waals surface area contributed by atoms with Crippen molar-refractivity contribution in [3.8, 4) is 5.95 Å². The molecule has 1 saturated heterocycles. The van der Waals surface area contributed by atoms with E-state index in [1.807, 2.05) is 13.8 Å². The average molecular weight is 453 g/mol. The van der Waals surface area contributed by atoms with Gasteiger partial charge in [0, 0.05) is 24.0 Å². The zero-order valence-corrected chi connectivity index (χ0v) is 18.2. The molecule has 1 aliphatic heterocycles. The summed E-state index contributed by atoms with van der Waals surface area (Å²) in [5.74, 6) is -1.54. The number of nitrogens with zero attached hydrogens (tertiary/aromatic N) is 4. The fourth-order valence-electron chi connectivity index (χ4n) is 3.88. The Morgan fingerprint density at radius 1 is 1.24 bits per heavy atom. The minimum absolute atomic E-state index is 0.0509. The number of pyridine rings is 2. The van der Waals surface area contributed by atoms with Gasteiger partial charge in [-0.05, 0) is 37.0 Å². The van der Waals surface area contributed by atoms with Crippen LogP contribution in [0.1, 0.15) is 48.8 Å². The Morgan fingerprint density at radius 2 is 2.06 bits per heavy atom. The summed E-state index contributed by atoms with van der Waals surface area (Å²) in [5.41, 5.74) is 0.466. The molecule has 4 heterocycles. The van der Waals surface area contributed by atoms with E-state index < -0.39 is 23.5 Å². The zero-order chi connectivity index (χ0) is 23.5.